The van der Waals surface area contributed by atoms with E-state index in [0.717, 1.165) is 17.6 Å². The van der Waals surface area contributed by atoms with Gasteiger partial charge < -0.3 is 14.4 Å². The molecule has 0 amide bonds. The second-order valence-electron chi connectivity index (χ2n) is 13.1. The van der Waals surface area contributed by atoms with Crippen LogP contribution in [0.4, 0.5) is 0 Å². The SMILES string of the molecule is CC1=CC23C(=O)[C@@H](C=C(CO)C[C@@H]2[C@H]1OC(=O)c1c(C(C)(C)C)noc1C)[C@H]1[C@@H](CC3C)C1(C)C. The fourth-order valence-corrected chi connectivity index (χ4v) is 7.77. The van der Waals surface area contributed by atoms with Crippen molar-refractivity contribution in [1.29, 1.82) is 0 Å². The second kappa shape index (κ2) is 7.64. The van der Waals surface area contributed by atoms with Crippen molar-refractivity contribution >= 4 is 11.8 Å². The molecule has 0 radical (unpaired) electrons. The third-order valence-electron chi connectivity index (χ3n) is 9.68. The molecule has 2 bridgehead atoms. The number of carbonyl (C=O) groups excluding carboxylic acids is 2. The standard InChI is InChI=1S/C29H39NO5/c1-14-12-29-15(2)9-19-22(28(19,7)8)18(25(29)32)10-17(13-31)11-20(29)23(14)34-26(33)21-16(3)35-30-24(21)27(4,5)6/h10,12,15,18-20,22-23,31H,9,11,13H2,1-8H3/t15?,18-,19+,20+,22-,23-,29?/m0/s1. The van der Waals surface area contributed by atoms with Crippen LogP contribution in [0, 0.1) is 47.3 Å². The number of aryl methyl sites for hydroxylation is 1. The number of hydrogen-bond donors (Lipinski definition) is 1. The summed E-state index contributed by atoms with van der Waals surface area (Å²) in [7, 11) is 0. The molecule has 1 aromatic heterocycles. The third kappa shape index (κ3) is 3.35. The summed E-state index contributed by atoms with van der Waals surface area (Å²) in [6, 6.07) is 0. The van der Waals surface area contributed by atoms with Gasteiger partial charge in [-0.05, 0) is 61.0 Å². The molecule has 1 N–H and O–H groups in total. The van der Waals surface area contributed by atoms with Gasteiger partial charge in [0.1, 0.15) is 23.1 Å². The summed E-state index contributed by atoms with van der Waals surface area (Å²) >= 11 is 0. The minimum Gasteiger partial charge on any atom is -0.454 e. The maximum atomic E-state index is 14.4. The predicted octanol–water partition coefficient (Wildman–Crippen LogP) is 5.19. The van der Waals surface area contributed by atoms with Gasteiger partial charge in [-0.1, -0.05) is 58.9 Å². The summed E-state index contributed by atoms with van der Waals surface area (Å²) in [5.74, 6) is 0.725. The van der Waals surface area contributed by atoms with E-state index in [1.54, 1.807) is 6.92 Å². The number of aliphatic hydroxyl groups excluding tert-OH is 1. The number of nitrogens with zero attached hydrogens (tertiary/aromatic N) is 1. The average Bonchev–Trinajstić information content (AvgIpc) is 3.03. The number of aromatic nitrogens is 1. The number of aliphatic hydroxyl groups is 1. The molecule has 4 aliphatic rings. The monoisotopic (exact) mass is 481 g/mol. The number of fused-ring (bicyclic) bond motifs is 3. The number of hydrogen-bond acceptors (Lipinski definition) is 6. The van der Waals surface area contributed by atoms with Gasteiger partial charge >= 0.3 is 5.97 Å². The predicted molar refractivity (Wildman–Crippen MR) is 132 cm³/mol. The zero-order valence-electron chi connectivity index (χ0n) is 22.3. The molecule has 2 saturated carbocycles. The van der Waals surface area contributed by atoms with E-state index in [4.69, 9.17) is 9.26 Å². The van der Waals surface area contributed by atoms with E-state index in [1.165, 1.54) is 0 Å². The first-order chi connectivity index (χ1) is 16.2. The van der Waals surface area contributed by atoms with Crippen molar-refractivity contribution in [3.63, 3.8) is 0 Å². The van der Waals surface area contributed by atoms with Gasteiger partial charge in [0, 0.05) is 17.3 Å². The fraction of sp³-hybridized carbons (Fsp3) is 0.690. The van der Waals surface area contributed by atoms with Crippen LogP contribution in [-0.4, -0.2) is 34.7 Å². The summed E-state index contributed by atoms with van der Waals surface area (Å²) in [6.07, 6.45) is 5.17. The van der Waals surface area contributed by atoms with Crippen LogP contribution in [-0.2, 0) is 14.9 Å². The first-order valence-electron chi connectivity index (χ1n) is 13.0. The molecule has 35 heavy (non-hydrogen) atoms. The molecule has 1 aromatic rings. The average molecular weight is 482 g/mol. The normalized spacial score (nSPS) is 37.5. The van der Waals surface area contributed by atoms with E-state index in [1.807, 2.05) is 27.7 Å². The quantitative estimate of drug-likeness (QED) is 0.472. The van der Waals surface area contributed by atoms with Crippen molar-refractivity contribution in [2.75, 3.05) is 6.61 Å². The van der Waals surface area contributed by atoms with Crippen LogP contribution < -0.4 is 0 Å². The van der Waals surface area contributed by atoms with Crippen LogP contribution in [0.15, 0.2) is 27.8 Å². The van der Waals surface area contributed by atoms with Gasteiger partial charge in [-0.3, -0.25) is 4.79 Å². The first kappa shape index (κ1) is 24.5. The number of rotatable bonds is 3. The fourth-order valence-electron chi connectivity index (χ4n) is 7.77. The van der Waals surface area contributed by atoms with Gasteiger partial charge in [0.15, 0.2) is 5.78 Å². The molecule has 5 rings (SSSR count). The Morgan fingerprint density at radius 1 is 1.26 bits per heavy atom. The lowest BCUT2D eigenvalue weighted by molar-refractivity contribution is -0.135. The van der Waals surface area contributed by atoms with Crippen molar-refractivity contribution in [2.24, 2.45) is 40.4 Å². The summed E-state index contributed by atoms with van der Waals surface area (Å²) < 4.78 is 11.6. The molecular formula is C29H39NO5. The Hall–Kier alpha value is -2.21. The molecule has 7 atom stereocenters. The van der Waals surface area contributed by atoms with Gasteiger partial charge in [-0.25, -0.2) is 4.79 Å². The van der Waals surface area contributed by atoms with Crippen LogP contribution in [0.5, 0.6) is 0 Å². The minimum absolute atomic E-state index is 0.0821. The van der Waals surface area contributed by atoms with Crippen LogP contribution in [0.3, 0.4) is 0 Å². The van der Waals surface area contributed by atoms with Crippen molar-refractivity contribution in [3.05, 3.63) is 40.3 Å². The number of ketones is 1. The highest BCUT2D eigenvalue weighted by Gasteiger charge is 2.70. The van der Waals surface area contributed by atoms with Crippen LogP contribution in [0.2, 0.25) is 0 Å². The van der Waals surface area contributed by atoms with Crippen LogP contribution in [0.1, 0.15) is 83.1 Å². The third-order valence-corrected chi connectivity index (χ3v) is 9.68. The summed E-state index contributed by atoms with van der Waals surface area (Å²) in [6.45, 7) is 16.3. The number of allylic oxidation sites excluding steroid dienone is 2. The lowest BCUT2D eigenvalue weighted by Gasteiger charge is -2.40. The summed E-state index contributed by atoms with van der Waals surface area (Å²) in [4.78, 5) is 27.9. The molecule has 4 aliphatic carbocycles. The Morgan fingerprint density at radius 3 is 2.57 bits per heavy atom. The van der Waals surface area contributed by atoms with Crippen molar-refractivity contribution in [3.8, 4) is 0 Å². The number of Topliss-reactive ketones (excluding diaryl/α,β-unsaturated/α-hetero) is 1. The minimum atomic E-state index is -0.687. The maximum Gasteiger partial charge on any atom is 0.344 e. The Morgan fingerprint density at radius 2 is 1.94 bits per heavy atom. The van der Waals surface area contributed by atoms with E-state index in [-0.39, 0.29) is 41.0 Å². The van der Waals surface area contributed by atoms with E-state index in [9.17, 15) is 14.7 Å². The van der Waals surface area contributed by atoms with E-state index < -0.39 is 17.5 Å². The van der Waals surface area contributed by atoms with E-state index in [2.05, 4.69) is 38.1 Å². The molecule has 2 unspecified atom stereocenters. The Balaban J connectivity index is 1.54. The van der Waals surface area contributed by atoms with Crippen LogP contribution in [0.25, 0.3) is 0 Å². The highest BCUT2D eigenvalue weighted by Crippen LogP contribution is 2.71. The molecule has 190 valence electrons. The molecule has 1 spiro atoms. The van der Waals surface area contributed by atoms with Crippen molar-refractivity contribution < 1.29 is 24.0 Å². The Kier molecular flexibility index (Phi) is 5.35. The molecule has 0 aliphatic heterocycles. The summed E-state index contributed by atoms with van der Waals surface area (Å²) in [5.41, 5.74) is 1.81. The second-order valence-corrected chi connectivity index (χ2v) is 13.1. The number of carbonyl (C=O) groups is 2. The van der Waals surface area contributed by atoms with Gasteiger partial charge in [0.25, 0.3) is 0 Å². The van der Waals surface area contributed by atoms with E-state index >= 15 is 0 Å². The topological polar surface area (TPSA) is 89.6 Å². The lowest BCUT2D eigenvalue weighted by atomic mass is 9.62. The number of ether oxygens (including phenoxy) is 1. The molecule has 0 aromatic carbocycles. The zero-order valence-corrected chi connectivity index (χ0v) is 22.3. The van der Waals surface area contributed by atoms with Gasteiger partial charge in [-0.15, -0.1) is 0 Å². The van der Waals surface area contributed by atoms with Crippen molar-refractivity contribution in [1.82, 2.24) is 5.16 Å². The zero-order chi connectivity index (χ0) is 25.7. The van der Waals surface area contributed by atoms with Gasteiger partial charge in [0.2, 0.25) is 0 Å². The number of esters is 1. The Bertz CT molecular complexity index is 1150. The maximum absolute atomic E-state index is 14.4. The molecular weight excluding hydrogens is 442 g/mol. The molecule has 6 nitrogen and oxygen atoms in total. The lowest BCUT2D eigenvalue weighted by Crippen LogP contribution is -2.46. The largest absolute Gasteiger partial charge is 0.454 e. The Labute approximate surface area is 208 Å². The highest BCUT2D eigenvalue weighted by molar-refractivity contribution is 5.95. The van der Waals surface area contributed by atoms with E-state index in [0.29, 0.717) is 35.3 Å². The molecule has 0 saturated heterocycles. The molecule has 1 heterocycles. The van der Waals surface area contributed by atoms with Crippen molar-refractivity contribution in [2.45, 2.75) is 79.8 Å². The smallest absolute Gasteiger partial charge is 0.344 e. The van der Waals surface area contributed by atoms with Gasteiger partial charge in [0.05, 0.1) is 12.0 Å². The molecule has 2 fully saturated rings. The highest BCUT2D eigenvalue weighted by atomic mass is 16.5. The molecule has 6 heteroatoms. The summed E-state index contributed by atoms with van der Waals surface area (Å²) in [5, 5.41) is 14.4. The first-order valence-corrected chi connectivity index (χ1v) is 13.0. The van der Waals surface area contributed by atoms with Crippen LogP contribution >= 0.6 is 0 Å². The van der Waals surface area contributed by atoms with Gasteiger partial charge in [-0.2, -0.15) is 0 Å².